The standard InChI is InChI=1S/C14H29NO/c1-2-3-4-5-6-7-8-9-11-15-12-10-14(16)13-15/h14,16H,2-13H2,1H3/t14-/m0/s1. The van der Waals surface area contributed by atoms with Crippen molar-refractivity contribution in [1.82, 2.24) is 4.90 Å². The Kier molecular flexibility index (Phi) is 7.87. The molecule has 1 heterocycles. The fourth-order valence-corrected chi connectivity index (χ4v) is 2.48. The molecule has 1 saturated heterocycles. The predicted octanol–water partition coefficient (Wildman–Crippen LogP) is 3.19. The third-order valence-electron chi connectivity index (χ3n) is 3.58. The van der Waals surface area contributed by atoms with Crippen molar-refractivity contribution in [3.05, 3.63) is 0 Å². The van der Waals surface area contributed by atoms with E-state index in [1.54, 1.807) is 0 Å². The van der Waals surface area contributed by atoms with Crippen molar-refractivity contribution < 1.29 is 5.11 Å². The Labute approximate surface area is 101 Å². The SMILES string of the molecule is CCCCCCCCCCN1CC[C@H](O)C1. The van der Waals surface area contributed by atoms with Crippen LogP contribution in [0.3, 0.4) is 0 Å². The number of rotatable bonds is 9. The van der Waals surface area contributed by atoms with Crippen molar-refractivity contribution in [3.8, 4) is 0 Å². The van der Waals surface area contributed by atoms with E-state index >= 15 is 0 Å². The molecular formula is C14H29NO. The fourth-order valence-electron chi connectivity index (χ4n) is 2.48. The molecule has 0 unspecified atom stereocenters. The molecule has 1 aliphatic heterocycles. The molecule has 0 amide bonds. The van der Waals surface area contributed by atoms with Gasteiger partial charge in [0.15, 0.2) is 0 Å². The summed E-state index contributed by atoms with van der Waals surface area (Å²) in [6.07, 6.45) is 12.1. The summed E-state index contributed by atoms with van der Waals surface area (Å²) in [4.78, 5) is 2.40. The Balaban J connectivity index is 1.78. The molecule has 96 valence electrons. The van der Waals surface area contributed by atoms with Crippen LogP contribution in [0.4, 0.5) is 0 Å². The minimum absolute atomic E-state index is 0.0472. The summed E-state index contributed by atoms with van der Waals surface area (Å²) in [5.41, 5.74) is 0. The largest absolute Gasteiger partial charge is 0.392 e. The van der Waals surface area contributed by atoms with E-state index in [0.29, 0.717) is 0 Å². The lowest BCUT2D eigenvalue weighted by atomic mass is 10.1. The fraction of sp³-hybridized carbons (Fsp3) is 1.00. The molecule has 1 fully saturated rings. The molecule has 2 heteroatoms. The first-order valence-electron chi connectivity index (χ1n) is 7.23. The quantitative estimate of drug-likeness (QED) is 0.611. The minimum atomic E-state index is -0.0472. The van der Waals surface area contributed by atoms with Gasteiger partial charge in [0, 0.05) is 13.1 Å². The van der Waals surface area contributed by atoms with Crippen LogP contribution >= 0.6 is 0 Å². The Morgan fingerprint density at radius 1 is 1.00 bits per heavy atom. The average molecular weight is 227 g/mol. The highest BCUT2D eigenvalue weighted by atomic mass is 16.3. The van der Waals surface area contributed by atoms with Gasteiger partial charge < -0.3 is 10.0 Å². The van der Waals surface area contributed by atoms with Gasteiger partial charge >= 0.3 is 0 Å². The Morgan fingerprint density at radius 2 is 1.62 bits per heavy atom. The third kappa shape index (κ3) is 6.49. The number of hydrogen-bond donors (Lipinski definition) is 1. The molecule has 0 aromatic rings. The maximum atomic E-state index is 9.38. The Hall–Kier alpha value is -0.0800. The lowest BCUT2D eigenvalue weighted by Crippen LogP contribution is -2.23. The van der Waals surface area contributed by atoms with E-state index in [-0.39, 0.29) is 6.10 Å². The second kappa shape index (κ2) is 9.00. The minimum Gasteiger partial charge on any atom is -0.392 e. The van der Waals surface area contributed by atoms with Crippen molar-refractivity contribution >= 4 is 0 Å². The number of likely N-dealkylation sites (tertiary alicyclic amines) is 1. The van der Waals surface area contributed by atoms with Gasteiger partial charge in [0.05, 0.1) is 6.10 Å². The van der Waals surface area contributed by atoms with Crippen LogP contribution in [-0.2, 0) is 0 Å². The summed E-state index contributed by atoms with van der Waals surface area (Å²) in [5.74, 6) is 0. The Bertz CT molecular complexity index is 161. The lowest BCUT2D eigenvalue weighted by Gasteiger charge is -2.14. The second-order valence-corrected chi connectivity index (χ2v) is 5.22. The first-order chi connectivity index (χ1) is 7.83. The summed E-state index contributed by atoms with van der Waals surface area (Å²) >= 11 is 0. The predicted molar refractivity (Wildman–Crippen MR) is 69.7 cm³/mol. The van der Waals surface area contributed by atoms with Crippen LogP contribution in [-0.4, -0.2) is 35.7 Å². The van der Waals surface area contributed by atoms with E-state index in [1.807, 2.05) is 0 Å². The summed E-state index contributed by atoms with van der Waals surface area (Å²) in [5, 5.41) is 9.38. The smallest absolute Gasteiger partial charge is 0.0679 e. The molecule has 2 nitrogen and oxygen atoms in total. The third-order valence-corrected chi connectivity index (χ3v) is 3.58. The van der Waals surface area contributed by atoms with Crippen molar-refractivity contribution in [1.29, 1.82) is 0 Å². The molecule has 16 heavy (non-hydrogen) atoms. The zero-order valence-electron chi connectivity index (χ0n) is 11.0. The van der Waals surface area contributed by atoms with Crippen LogP contribution in [0.2, 0.25) is 0 Å². The first-order valence-corrected chi connectivity index (χ1v) is 7.23. The number of aliphatic hydroxyl groups excluding tert-OH is 1. The number of aliphatic hydroxyl groups is 1. The average Bonchev–Trinajstić information content (AvgIpc) is 2.68. The highest BCUT2D eigenvalue weighted by Gasteiger charge is 2.18. The maximum Gasteiger partial charge on any atom is 0.0679 e. The van der Waals surface area contributed by atoms with Crippen LogP contribution < -0.4 is 0 Å². The van der Waals surface area contributed by atoms with E-state index in [0.717, 1.165) is 19.5 Å². The molecule has 1 atom stereocenters. The number of unbranched alkanes of at least 4 members (excludes halogenated alkanes) is 7. The molecular weight excluding hydrogens is 198 g/mol. The van der Waals surface area contributed by atoms with E-state index < -0.39 is 0 Å². The van der Waals surface area contributed by atoms with Gasteiger partial charge in [-0.25, -0.2) is 0 Å². The van der Waals surface area contributed by atoms with Crippen molar-refractivity contribution in [3.63, 3.8) is 0 Å². The summed E-state index contributed by atoms with van der Waals surface area (Å²) < 4.78 is 0. The van der Waals surface area contributed by atoms with Crippen LogP contribution in [0, 0.1) is 0 Å². The van der Waals surface area contributed by atoms with Gasteiger partial charge in [0.1, 0.15) is 0 Å². The van der Waals surface area contributed by atoms with Crippen LogP contribution in [0.1, 0.15) is 64.7 Å². The molecule has 0 aromatic carbocycles. The van der Waals surface area contributed by atoms with Gasteiger partial charge in [-0.15, -0.1) is 0 Å². The molecule has 0 saturated carbocycles. The molecule has 0 spiro atoms. The van der Waals surface area contributed by atoms with Gasteiger partial charge in [0.2, 0.25) is 0 Å². The summed E-state index contributed by atoms with van der Waals surface area (Å²) in [6.45, 7) is 5.49. The number of nitrogens with zero attached hydrogens (tertiary/aromatic N) is 1. The topological polar surface area (TPSA) is 23.5 Å². The lowest BCUT2D eigenvalue weighted by molar-refractivity contribution is 0.175. The van der Waals surface area contributed by atoms with Crippen LogP contribution in [0.25, 0.3) is 0 Å². The molecule has 1 rings (SSSR count). The van der Waals surface area contributed by atoms with E-state index in [2.05, 4.69) is 11.8 Å². The van der Waals surface area contributed by atoms with Crippen LogP contribution in [0.5, 0.6) is 0 Å². The van der Waals surface area contributed by atoms with Gasteiger partial charge in [0.25, 0.3) is 0 Å². The number of hydrogen-bond acceptors (Lipinski definition) is 2. The normalized spacial score (nSPS) is 21.8. The maximum absolute atomic E-state index is 9.38. The molecule has 1 N–H and O–H groups in total. The van der Waals surface area contributed by atoms with Crippen molar-refractivity contribution in [2.75, 3.05) is 19.6 Å². The first kappa shape index (κ1) is 14.0. The summed E-state index contributed by atoms with van der Waals surface area (Å²) in [6, 6.07) is 0. The van der Waals surface area contributed by atoms with E-state index in [4.69, 9.17) is 0 Å². The number of β-amino-alcohol motifs (C(OH)–C–C–N with tert-alkyl or cyclic N) is 1. The second-order valence-electron chi connectivity index (χ2n) is 5.22. The van der Waals surface area contributed by atoms with E-state index in [1.165, 1.54) is 57.9 Å². The summed E-state index contributed by atoms with van der Waals surface area (Å²) in [7, 11) is 0. The highest BCUT2D eigenvalue weighted by Crippen LogP contribution is 2.12. The molecule has 0 aliphatic carbocycles. The molecule has 1 aliphatic rings. The molecule has 0 bridgehead atoms. The monoisotopic (exact) mass is 227 g/mol. The van der Waals surface area contributed by atoms with Gasteiger partial charge in [-0.1, -0.05) is 51.9 Å². The van der Waals surface area contributed by atoms with Crippen molar-refractivity contribution in [2.24, 2.45) is 0 Å². The zero-order valence-corrected chi connectivity index (χ0v) is 11.0. The van der Waals surface area contributed by atoms with Gasteiger partial charge in [-0.05, 0) is 19.4 Å². The zero-order chi connectivity index (χ0) is 11.6. The van der Waals surface area contributed by atoms with E-state index in [9.17, 15) is 5.11 Å². The van der Waals surface area contributed by atoms with Gasteiger partial charge in [-0.3, -0.25) is 0 Å². The highest BCUT2D eigenvalue weighted by molar-refractivity contribution is 4.73. The molecule has 0 aromatic heterocycles. The van der Waals surface area contributed by atoms with Gasteiger partial charge in [-0.2, -0.15) is 0 Å². The molecule has 0 radical (unpaired) electrons. The van der Waals surface area contributed by atoms with Crippen molar-refractivity contribution in [2.45, 2.75) is 70.8 Å². The Morgan fingerprint density at radius 3 is 2.19 bits per heavy atom. The van der Waals surface area contributed by atoms with Crippen LogP contribution in [0.15, 0.2) is 0 Å².